The summed E-state index contributed by atoms with van der Waals surface area (Å²) >= 11 is 0. The van der Waals surface area contributed by atoms with Crippen molar-refractivity contribution in [3.63, 3.8) is 0 Å². The number of anilines is 3. The number of hydrogen-bond acceptors (Lipinski definition) is 4. The Morgan fingerprint density at radius 2 is 1.80 bits per heavy atom. The van der Waals surface area contributed by atoms with Crippen LogP contribution in [0.2, 0.25) is 0 Å². The minimum atomic E-state index is -0.892. The molecule has 0 saturated heterocycles. The standard InChI is InChI=1S/C14H14F2N4/c1-8-17-13(19-9-2-3-9)7-14(18-8)20-10-4-5-11(15)12(16)6-10/h4-7,9H,2-3H2,1H3,(H2,17,18,19,20). The molecular weight excluding hydrogens is 262 g/mol. The number of hydrogen-bond donors (Lipinski definition) is 2. The van der Waals surface area contributed by atoms with E-state index in [4.69, 9.17) is 0 Å². The van der Waals surface area contributed by atoms with E-state index >= 15 is 0 Å². The topological polar surface area (TPSA) is 49.8 Å². The summed E-state index contributed by atoms with van der Waals surface area (Å²) in [7, 11) is 0. The monoisotopic (exact) mass is 276 g/mol. The van der Waals surface area contributed by atoms with Gasteiger partial charge in [-0.3, -0.25) is 0 Å². The Bertz CT molecular complexity index is 641. The third-order valence-corrected chi connectivity index (χ3v) is 2.96. The number of rotatable bonds is 4. The maximum atomic E-state index is 13.2. The van der Waals surface area contributed by atoms with Crippen molar-refractivity contribution >= 4 is 17.3 Å². The molecule has 4 nitrogen and oxygen atoms in total. The third kappa shape index (κ3) is 3.01. The van der Waals surface area contributed by atoms with Crippen molar-refractivity contribution in [1.82, 2.24) is 9.97 Å². The Balaban J connectivity index is 1.81. The average Bonchev–Trinajstić information content (AvgIpc) is 3.17. The minimum Gasteiger partial charge on any atom is -0.367 e. The summed E-state index contributed by atoms with van der Waals surface area (Å²) < 4.78 is 26.0. The van der Waals surface area contributed by atoms with Gasteiger partial charge in [-0.1, -0.05) is 0 Å². The maximum Gasteiger partial charge on any atom is 0.160 e. The summed E-state index contributed by atoms with van der Waals surface area (Å²) in [6.45, 7) is 1.79. The average molecular weight is 276 g/mol. The molecule has 0 bridgehead atoms. The van der Waals surface area contributed by atoms with Crippen molar-refractivity contribution in [3.8, 4) is 0 Å². The fourth-order valence-corrected chi connectivity index (χ4v) is 1.86. The minimum absolute atomic E-state index is 0.444. The molecule has 104 valence electrons. The highest BCUT2D eigenvalue weighted by atomic mass is 19.2. The summed E-state index contributed by atoms with van der Waals surface area (Å²) in [6.07, 6.45) is 2.30. The van der Waals surface area contributed by atoms with Crippen LogP contribution >= 0.6 is 0 Å². The van der Waals surface area contributed by atoms with E-state index in [1.54, 1.807) is 13.0 Å². The molecule has 1 aliphatic rings. The molecule has 1 saturated carbocycles. The summed E-state index contributed by atoms with van der Waals surface area (Å²) in [6, 6.07) is 5.88. The zero-order valence-electron chi connectivity index (χ0n) is 11.0. The van der Waals surface area contributed by atoms with E-state index in [9.17, 15) is 8.78 Å². The zero-order valence-corrected chi connectivity index (χ0v) is 11.0. The Morgan fingerprint density at radius 1 is 1.05 bits per heavy atom. The fraction of sp³-hybridized carbons (Fsp3) is 0.286. The first-order chi connectivity index (χ1) is 9.60. The zero-order chi connectivity index (χ0) is 14.1. The van der Waals surface area contributed by atoms with Gasteiger partial charge >= 0.3 is 0 Å². The second-order valence-electron chi connectivity index (χ2n) is 4.86. The van der Waals surface area contributed by atoms with Gasteiger partial charge in [-0.05, 0) is 31.9 Å². The number of halogens is 2. The smallest absolute Gasteiger partial charge is 0.160 e. The lowest BCUT2D eigenvalue weighted by molar-refractivity contribution is 0.509. The van der Waals surface area contributed by atoms with Gasteiger partial charge in [0.25, 0.3) is 0 Å². The lowest BCUT2D eigenvalue weighted by Gasteiger charge is -2.10. The van der Waals surface area contributed by atoms with Crippen LogP contribution in [-0.4, -0.2) is 16.0 Å². The van der Waals surface area contributed by atoms with E-state index in [-0.39, 0.29) is 0 Å². The van der Waals surface area contributed by atoms with Gasteiger partial charge in [-0.25, -0.2) is 18.7 Å². The highest BCUT2D eigenvalue weighted by Crippen LogP contribution is 2.25. The predicted molar refractivity (Wildman–Crippen MR) is 73.1 cm³/mol. The van der Waals surface area contributed by atoms with Gasteiger partial charge in [0, 0.05) is 23.9 Å². The molecule has 1 fully saturated rings. The molecular formula is C14H14F2N4. The van der Waals surface area contributed by atoms with Crippen molar-refractivity contribution in [2.45, 2.75) is 25.8 Å². The molecule has 2 N–H and O–H groups in total. The molecule has 1 heterocycles. The molecule has 3 rings (SSSR count). The fourth-order valence-electron chi connectivity index (χ4n) is 1.86. The van der Waals surface area contributed by atoms with Gasteiger partial charge in [0.2, 0.25) is 0 Å². The van der Waals surface area contributed by atoms with Gasteiger partial charge < -0.3 is 10.6 Å². The second-order valence-corrected chi connectivity index (χ2v) is 4.86. The van der Waals surface area contributed by atoms with Gasteiger partial charge in [0.15, 0.2) is 11.6 Å². The van der Waals surface area contributed by atoms with Crippen LogP contribution in [0.5, 0.6) is 0 Å². The normalized spacial score (nSPS) is 14.2. The van der Waals surface area contributed by atoms with Gasteiger partial charge in [0.1, 0.15) is 17.5 Å². The number of nitrogens with one attached hydrogen (secondary N) is 2. The molecule has 0 radical (unpaired) electrons. The largest absolute Gasteiger partial charge is 0.367 e. The quantitative estimate of drug-likeness (QED) is 0.898. The van der Waals surface area contributed by atoms with Gasteiger partial charge in [-0.2, -0.15) is 0 Å². The van der Waals surface area contributed by atoms with Crippen molar-refractivity contribution < 1.29 is 8.78 Å². The SMILES string of the molecule is Cc1nc(Nc2ccc(F)c(F)c2)cc(NC2CC2)n1. The van der Waals surface area contributed by atoms with Crippen LogP contribution < -0.4 is 10.6 Å². The first-order valence-electron chi connectivity index (χ1n) is 6.44. The number of benzene rings is 1. The predicted octanol–water partition coefficient (Wildman–Crippen LogP) is 3.38. The first-order valence-corrected chi connectivity index (χ1v) is 6.44. The highest BCUT2D eigenvalue weighted by molar-refractivity contribution is 5.59. The lowest BCUT2D eigenvalue weighted by atomic mass is 10.3. The van der Waals surface area contributed by atoms with Crippen molar-refractivity contribution in [3.05, 3.63) is 41.7 Å². The van der Waals surface area contributed by atoms with E-state index in [2.05, 4.69) is 20.6 Å². The molecule has 20 heavy (non-hydrogen) atoms. The van der Waals surface area contributed by atoms with Gasteiger partial charge in [-0.15, -0.1) is 0 Å². The number of aromatic nitrogens is 2. The van der Waals surface area contributed by atoms with Crippen LogP contribution in [0.25, 0.3) is 0 Å². The molecule has 6 heteroatoms. The molecule has 1 aromatic heterocycles. The van der Waals surface area contributed by atoms with Crippen molar-refractivity contribution in [1.29, 1.82) is 0 Å². The van der Waals surface area contributed by atoms with Crippen LogP contribution in [0.4, 0.5) is 26.1 Å². The van der Waals surface area contributed by atoms with Crippen molar-refractivity contribution in [2.75, 3.05) is 10.6 Å². The number of aryl methyl sites for hydroxylation is 1. The van der Waals surface area contributed by atoms with E-state index < -0.39 is 11.6 Å². The molecule has 0 atom stereocenters. The third-order valence-electron chi connectivity index (χ3n) is 2.96. The van der Waals surface area contributed by atoms with E-state index in [0.717, 1.165) is 30.8 Å². The summed E-state index contributed by atoms with van der Waals surface area (Å²) in [5, 5.41) is 6.23. The Labute approximate surface area is 115 Å². The van der Waals surface area contributed by atoms with Crippen LogP contribution in [0.3, 0.4) is 0 Å². The molecule has 1 aliphatic carbocycles. The lowest BCUT2D eigenvalue weighted by Crippen LogP contribution is -2.06. The molecule has 0 spiro atoms. The molecule has 2 aromatic rings. The van der Waals surface area contributed by atoms with Crippen LogP contribution in [0.1, 0.15) is 18.7 Å². The van der Waals surface area contributed by atoms with Crippen LogP contribution in [0.15, 0.2) is 24.3 Å². The Morgan fingerprint density at radius 3 is 2.50 bits per heavy atom. The highest BCUT2D eigenvalue weighted by Gasteiger charge is 2.21. The summed E-state index contributed by atoms with van der Waals surface area (Å²) in [4.78, 5) is 8.52. The first kappa shape index (κ1) is 12.8. The maximum absolute atomic E-state index is 13.2. The molecule has 0 unspecified atom stereocenters. The summed E-state index contributed by atoms with van der Waals surface area (Å²) in [5.74, 6) is 0.139. The van der Waals surface area contributed by atoms with E-state index in [1.807, 2.05) is 0 Å². The van der Waals surface area contributed by atoms with Crippen LogP contribution in [-0.2, 0) is 0 Å². The van der Waals surface area contributed by atoms with E-state index in [1.165, 1.54) is 6.07 Å². The van der Waals surface area contributed by atoms with E-state index in [0.29, 0.717) is 23.4 Å². The van der Waals surface area contributed by atoms with Crippen molar-refractivity contribution in [2.24, 2.45) is 0 Å². The molecule has 0 aliphatic heterocycles. The molecule has 1 aromatic carbocycles. The number of nitrogens with zero attached hydrogens (tertiary/aromatic N) is 2. The Kier molecular flexibility index (Phi) is 3.22. The molecule has 0 amide bonds. The van der Waals surface area contributed by atoms with Gasteiger partial charge in [0.05, 0.1) is 0 Å². The second kappa shape index (κ2) is 5.03. The summed E-state index contributed by atoms with van der Waals surface area (Å²) in [5.41, 5.74) is 0.444. The Hall–Kier alpha value is -2.24. The van der Waals surface area contributed by atoms with Crippen LogP contribution in [0, 0.1) is 18.6 Å².